The maximum absolute atomic E-state index is 10.1. The number of aromatic nitrogens is 1. The number of likely N-dealkylation sites (N-methyl/N-ethyl adjacent to an activating group) is 1. The molecule has 1 unspecified atom stereocenters. The molecule has 0 bridgehead atoms. The second-order valence-electron chi connectivity index (χ2n) is 5.08. The van der Waals surface area contributed by atoms with Crippen LogP contribution in [-0.4, -0.2) is 47.8 Å². The van der Waals surface area contributed by atoms with Crippen LogP contribution in [-0.2, 0) is 0 Å². The lowest BCUT2D eigenvalue weighted by molar-refractivity contribution is 0.0455. The van der Waals surface area contributed by atoms with Gasteiger partial charge in [0.15, 0.2) is 5.58 Å². The van der Waals surface area contributed by atoms with Crippen LogP contribution in [0.2, 0.25) is 0 Å². The molecule has 0 aliphatic carbocycles. The van der Waals surface area contributed by atoms with Gasteiger partial charge in [0, 0.05) is 13.1 Å². The van der Waals surface area contributed by atoms with Crippen LogP contribution in [0.1, 0.15) is 6.92 Å². The highest BCUT2D eigenvalue weighted by molar-refractivity contribution is 5.74. The molecule has 1 aromatic carbocycles. The number of hydrogen-bond donors (Lipinski definition) is 2. The lowest BCUT2D eigenvalue weighted by atomic mass is 10.1. The molecule has 98 valence electrons. The lowest BCUT2D eigenvalue weighted by Gasteiger charge is -2.26. The smallest absolute Gasteiger partial charge is 0.295 e. The van der Waals surface area contributed by atoms with Crippen molar-refractivity contribution in [3.05, 3.63) is 24.3 Å². The summed E-state index contributed by atoms with van der Waals surface area (Å²) >= 11 is 0. The molecule has 0 radical (unpaired) electrons. The first-order chi connectivity index (χ1) is 8.46. The summed E-state index contributed by atoms with van der Waals surface area (Å²) < 4.78 is 5.52. The fourth-order valence-corrected chi connectivity index (χ4v) is 1.95. The number of aliphatic hydroxyl groups is 1. The number of para-hydroxylation sites is 2. The van der Waals surface area contributed by atoms with Crippen molar-refractivity contribution in [1.29, 1.82) is 0 Å². The summed E-state index contributed by atoms with van der Waals surface area (Å²) in [5, 5.41) is 13.2. The van der Waals surface area contributed by atoms with Gasteiger partial charge in [-0.1, -0.05) is 12.1 Å². The summed E-state index contributed by atoms with van der Waals surface area (Å²) in [6.07, 6.45) is 0. The van der Waals surface area contributed by atoms with Gasteiger partial charge in [-0.25, -0.2) is 0 Å². The number of hydrogen-bond acceptors (Lipinski definition) is 5. The second kappa shape index (κ2) is 4.96. The zero-order valence-corrected chi connectivity index (χ0v) is 11.0. The van der Waals surface area contributed by atoms with E-state index in [1.54, 1.807) is 6.92 Å². The van der Waals surface area contributed by atoms with Crippen molar-refractivity contribution in [1.82, 2.24) is 9.88 Å². The Labute approximate surface area is 106 Å². The van der Waals surface area contributed by atoms with Crippen LogP contribution in [0.25, 0.3) is 11.1 Å². The molecular formula is C13H19N3O2. The molecule has 1 heterocycles. The first-order valence-corrected chi connectivity index (χ1v) is 5.93. The van der Waals surface area contributed by atoms with Gasteiger partial charge in [-0.05, 0) is 33.2 Å². The molecule has 0 saturated carbocycles. The number of rotatable bonds is 5. The minimum atomic E-state index is -0.829. The molecule has 2 aromatic rings. The topological polar surface area (TPSA) is 61.5 Å². The van der Waals surface area contributed by atoms with Crippen molar-refractivity contribution >= 4 is 17.1 Å². The molecule has 1 aromatic heterocycles. The van der Waals surface area contributed by atoms with E-state index in [9.17, 15) is 5.11 Å². The Morgan fingerprint density at radius 2 is 2.11 bits per heavy atom. The van der Waals surface area contributed by atoms with E-state index >= 15 is 0 Å². The van der Waals surface area contributed by atoms with Gasteiger partial charge in [0.1, 0.15) is 5.52 Å². The van der Waals surface area contributed by atoms with Gasteiger partial charge in [0.2, 0.25) is 0 Å². The maximum Gasteiger partial charge on any atom is 0.295 e. The van der Waals surface area contributed by atoms with E-state index in [4.69, 9.17) is 4.42 Å². The van der Waals surface area contributed by atoms with Gasteiger partial charge < -0.3 is 19.7 Å². The molecule has 0 saturated heterocycles. The van der Waals surface area contributed by atoms with Crippen LogP contribution in [0, 0.1) is 0 Å². The molecule has 0 spiro atoms. The third-order valence-electron chi connectivity index (χ3n) is 2.57. The van der Waals surface area contributed by atoms with E-state index in [0.717, 1.165) is 11.1 Å². The number of oxazole rings is 1. The predicted molar refractivity (Wildman–Crippen MR) is 71.7 cm³/mol. The standard InChI is InChI=1S/C13H19N3O2/c1-13(17,9-16(2)3)8-14-12-15-10-6-4-5-7-11(10)18-12/h4-7,17H,8-9H2,1-3H3,(H,14,15). The van der Waals surface area contributed by atoms with E-state index in [1.165, 1.54) is 0 Å². The molecule has 5 heteroatoms. The third kappa shape index (κ3) is 3.21. The van der Waals surface area contributed by atoms with Crippen LogP contribution >= 0.6 is 0 Å². The lowest BCUT2D eigenvalue weighted by Crippen LogP contribution is -2.43. The second-order valence-corrected chi connectivity index (χ2v) is 5.08. The molecule has 1 atom stereocenters. The van der Waals surface area contributed by atoms with Crippen LogP contribution < -0.4 is 5.32 Å². The molecule has 2 N–H and O–H groups in total. The Hall–Kier alpha value is -1.59. The van der Waals surface area contributed by atoms with Gasteiger partial charge in [-0.2, -0.15) is 4.98 Å². The number of nitrogens with zero attached hydrogens (tertiary/aromatic N) is 2. The monoisotopic (exact) mass is 249 g/mol. The Bertz CT molecular complexity index is 487. The van der Waals surface area contributed by atoms with Gasteiger partial charge in [0.05, 0.1) is 5.60 Å². The highest BCUT2D eigenvalue weighted by atomic mass is 16.4. The van der Waals surface area contributed by atoms with Gasteiger partial charge in [0.25, 0.3) is 6.01 Å². The van der Waals surface area contributed by atoms with Crippen molar-refractivity contribution in [2.24, 2.45) is 0 Å². The fraction of sp³-hybridized carbons (Fsp3) is 0.462. The molecule has 0 aliphatic heterocycles. The number of benzene rings is 1. The van der Waals surface area contributed by atoms with E-state index in [0.29, 0.717) is 19.1 Å². The molecule has 0 fully saturated rings. The average molecular weight is 249 g/mol. The number of fused-ring (bicyclic) bond motifs is 1. The summed E-state index contributed by atoms with van der Waals surface area (Å²) in [6.45, 7) is 2.74. The molecule has 0 amide bonds. The summed E-state index contributed by atoms with van der Waals surface area (Å²) in [5.41, 5.74) is 0.726. The van der Waals surface area contributed by atoms with Crippen molar-refractivity contribution in [2.75, 3.05) is 32.5 Å². The SMILES string of the molecule is CN(C)CC(C)(O)CNc1nc2ccccc2o1. The predicted octanol–water partition coefficient (Wildman–Crippen LogP) is 1.55. The molecule has 18 heavy (non-hydrogen) atoms. The fourth-order valence-electron chi connectivity index (χ4n) is 1.95. The van der Waals surface area contributed by atoms with E-state index in [-0.39, 0.29) is 0 Å². The highest BCUT2D eigenvalue weighted by Crippen LogP contribution is 2.18. The molecule has 0 aliphatic rings. The van der Waals surface area contributed by atoms with Crippen LogP contribution in [0.5, 0.6) is 0 Å². The maximum atomic E-state index is 10.1. The summed E-state index contributed by atoms with van der Waals surface area (Å²) in [6, 6.07) is 8.01. The first kappa shape index (κ1) is 12.9. The zero-order chi connectivity index (χ0) is 13.2. The largest absolute Gasteiger partial charge is 0.424 e. The van der Waals surface area contributed by atoms with Gasteiger partial charge in [-0.3, -0.25) is 0 Å². The Morgan fingerprint density at radius 1 is 1.39 bits per heavy atom. The minimum absolute atomic E-state index is 0.387. The van der Waals surface area contributed by atoms with Gasteiger partial charge in [-0.15, -0.1) is 0 Å². The van der Waals surface area contributed by atoms with E-state index < -0.39 is 5.60 Å². The number of nitrogens with one attached hydrogen (secondary N) is 1. The average Bonchev–Trinajstić information content (AvgIpc) is 2.67. The van der Waals surface area contributed by atoms with E-state index in [2.05, 4.69) is 10.3 Å². The number of anilines is 1. The van der Waals surface area contributed by atoms with Crippen LogP contribution in [0.15, 0.2) is 28.7 Å². The normalized spacial score (nSPS) is 14.9. The van der Waals surface area contributed by atoms with Crippen molar-refractivity contribution < 1.29 is 9.52 Å². The van der Waals surface area contributed by atoms with Crippen molar-refractivity contribution in [2.45, 2.75) is 12.5 Å². The van der Waals surface area contributed by atoms with Crippen LogP contribution in [0.3, 0.4) is 0 Å². The zero-order valence-electron chi connectivity index (χ0n) is 11.0. The van der Waals surface area contributed by atoms with Crippen molar-refractivity contribution in [3.63, 3.8) is 0 Å². The third-order valence-corrected chi connectivity index (χ3v) is 2.57. The summed E-state index contributed by atoms with van der Waals surface area (Å²) in [5.74, 6) is 0. The van der Waals surface area contributed by atoms with Crippen molar-refractivity contribution in [3.8, 4) is 0 Å². The quantitative estimate of drug-likeness (QED) is 0.842. The first-order valence-electron chi connectivity index (χ1n) is 5.93. The Balaban J connectivity index is 2.01. The summed E-state index contributed by atoms with van der Waals surface area (Å²) in [7, 11) is 3.85. The molecular weight excluding hydrogens is 230 g/mol. The summed E-state index contributed by atoms with van der Waals surface area (Å²) in [4.78, 5) is 6.23. The molecule has 2 rings (SSSR count). The highest BCUT2D eigenvalue weighted by Gasteiger charge is 2.21. The van der Waals surface area contributed by atoms with Gasteiger partial charge >= 0.3 is 0 Å². The van der Waals surface area contributed by atoms with E-state index in [1.807, 2.05) is 43.3 Å². The minimum Gasteiger partial charge on any atom is -0.424 e. The Kier molecular flexibility index (Phi) is 3.54. The molecule has 5 nitrogen and oxygen atoms in total. The van der Waals surface area contributed by atoms with Crippen LogP contribution in [0.4, 0.5) is 6.01 Å². The Morgan fingerprint density at radius 3 is 2.78 bits per heavy atom.